The van der Waals surface area contributed by atoms with Gasteiger partial charge < -0.3 is 20.1 Å². The Kier molecular flexibility index (Phi) is 7.47. The van der Waals surface area contributed by atoms with Gasteiger partial charge in [-0.1, -0.05) is 18.2 Å². The van der Waals surface area contributed by atoms with E-state index in [1.165, 1.54) is 0 Å². The first kappa shape index (κ1) is 20.1. The van der Waals surface area contributed by atoms with Crippen LogP contribution in [0.2, 0.25) is 0 Å². The number of halogens is 1. The first-order chi connectivity index (χ1) is 13.2. The van der Waals surface area contributed by atoms with Crippen LogP contribution < -0.4 is 10.6 Å². The van der Waals surface area contributed by atoms with Gasteiger partial charge in [0.05, 0.1) is 0 Å². The maximum Gasteiger partial charge on any atom is 0.191 e. The third-order valence-corrected chi connectivity index (χ3v) is 5.57. The molecule has 5 nitrogen and oxygen atoms in total. The highest BCUT2D eigenvalue weighted by Gasteiger charge is 2.45. The highest BCUT2D eigenvalue weighted by Crippen LogP contribution is 2.48. The lowest BCUT2D eigenvalue weighted by Gasteiger charge is -2.22. The van der Waals surface area contributed by atoms with Crippen molar-refractivity contribution in [2.75, 3.05) is 46.6 Å². The van der Waals surface area contributed by atoms with Crippen molar-refractivity contribution >= 4 is 5.96 Å². The number of ether oxygens (including phenoxy) is 2. The number of nitrogens with one attached hydrogen (secondary N) is 2. The summed E-state index contributed by atoms with van der Waals surface area (Å²) in [5.74, 6) is 1.30. The highest BCUT2D eigenvalue weighted by atomic mass is 19.1. The molecular weight excluding hydrogens is 345 g/mol. The molecule has 1 saturated heterocycles. The summed E-state index contributed by atoms with van der Waals surface area (Å²) < 4.78 is 25.2. The van der Waals surface area contributed by atoms with E-state index in [1.807, 2.05) is 12.1 Å². The van der Waals surface area contributed by atoms with Gasteiger partial charge in [0, 0.05) is 52.0 Å². The maximum absolute atomic E-state index is 14.1. The highest BCUT2D eigenvalue weighted by molar-refractivity contribution is 5.79. The Morgan fingerprint density at radius 3 is 2.74 bits per heavy atom. The zero-order valence-electron chi connectivity index (χ0n) is 16.3. The molecule has 2 aliphatic rings. The molecule has 0 unspecified atom stereocenters. The van der Waals surface area contributed by atoms with E-state index in [2.05, 4.69) is 15.6 Å². The van der Waals surface area contributed by atoms with Gasteiger partial charge in [-0.25, -0.2) is 4.39 Å². The molecule has 27 heavy (non-hydrogen) atoms. The van der Waals surface area contributed by atoms with Crippen LogP contribution in [0.25, 0.3) is 0 Å². The Hall–Kier alpha value is -1.66. The summed E-state index contributed by atoms with van der Waals surface area (Å²) >= 11 is 0. The number of aliphatic imine (C=N–C) groups is 1. The first-order valence-corrected chi connectivity index (χ1v) is 10.1. The fourth-order valence-electron chi connectivity index (χ4n) is 3.60. The molecule has 1 aromatic rings. The molecule has 1 aromatic carbocycles. The molecule has 1 heterocycles. The van der Waals surface area contributed by atoms with E-state index in [0.29, 0.717) is 12.5 Å². The molecule has 1 aliphatic carbocycles. The van der Waals surface area contributed by atoms with Gasteiger partial charge in [-0.3, -0.25) is 4.99 Å². The van der Waals surface area contributed by atoms with E-state index in [-0.39, 0.29) is 11.2 Å². The van der Waals surface area contributed by atoms with Crippen molar-refractivity contribution in [1.82, 2.24) is 10.6 Å². The molecule has 0 spiro atoms. The van der Waals surface area contributed by atoms with E-state index in [9.17, 15) is 4.39 Å². The number of guanidine groups is 1. The minimum absolute atomic E-state index is 0.0875. The van der Waals surface area contributed by atoms with Crippen molar-refractivity contribution in [3.05, 3.63) is 35.6 Å². The molecule has 2 fully saturated rings. The monoisotopic (exact) mass is 377 g/mol. The Bertz CT molecular complexity index is 613. The van der Waals surface area contributed by atoms with Crippen LogP contribution in [-0.4, -0.2) is 52.5 Å². The molecule has 150 valence electrons. The maximum atomic E-state index is 14.1. The van der Waals surface area contributed by atoms with E-state index in [4.69, 9.17) is 9.47 Å². The van der Waals surface area contributed by atoms with Crippen LogP contribution in [0, 0.1) is 11.7 Å². The van der Waals surface area contributed by atoms with Crippen molar-refractivity contribution in [2.24, 2.45) is 10.9 Å². The molecule has 0 amide bonds. The number of hydrogen-bond acceptors (Lipinski definition) is 3. The third-order valence-electron chi connectivity index (χ3n) is 5.57. The summed E-state index contributed by atoms with van der Waals surface area (Å²) in [4.78, 5) is 4.27. The van der Waals surface area contributed by atoms with Crippen molar-refractivity contribution in [3.63, 3.8) is 0 Å². The third kappa shape index (κ3) is 5.91. The van der Waals surface area contributed by atoms with E-state index in [1.54, 1.807) is 19.2 Å². The Morgan fingerprint density at radius 2 is 2.04 bits per heavy atom. The van der Waals surface area contributed by atoms with Crippen LogP contribution in [-0.2, 0) is 14.9 Å². The van der Waals surface area contributed by atoms with E-state index >= 15 is 0 Å². The predicted octanol–water partition coefficient (Wildman–Crippen LogP) is 2.86. The lowest BCUT2D eigenvalue weighted by atomic mass is 9.95. The van der Waals surface area contributed by atoms with Gasteiger partial charge >= 0.3 is 0 Å². The average Bonchev–Trinajstić information content (AvgIpc) is 3.49. The van der Waals surface area contributed by atoms with Crippen LogP contribution in [0.5, 0.6) is 0 Å². The molecule has 0 aromatic heterocycles. The summed E-state index contributed by atoms with van der Waals surface area (Å²) in [5, 5.41) is 6.68. The van der Waals surface area contributed by atoms with Crippen molar-refractivity contribution < 1.29 is 13.9 Å². The van der Waals surface area contributed by atoms with Gasteiger partial charge in [0.25, 0.3) is 0 Å². The second-order valence-corrected chi connectivity index (χ2v) is 7.60. The van der Waals surface area contributed by atoms with Gasteiger partial charge in [0.2, 0.25) is 0 Å². The molecule has 0 bridgehead atoms. The Balaban J connectivity index is 1.31. The lowest BCUT2D eigenvalue weighted by molar-refractivity contribution is 0.0203. The first-order valence-electron chi connectivity index (χ1n) is 10.1. The van der Waals surface area contributed by atoms with Gasteiger partial charge in [-0.15, -0.1) is 0 Å². The summed E-state index contributed by atoms with van der Waals surface area (Å²) in [6, 6.07) is 7.09. The average molecular weight is 378 g/mol. The summed E-state index contributed by atoms with van der Waals surface area (Å²) in [5.41, 5.74) is 0.727. The zero-order chi connectivity index (χ0) is 19.0. The SMILES string of the molecule is CN=C(NCCCOCC1CCOCC1)NCC1(c2ccccc2F)CC1. The van der Waals surface area contributed by atoms with Crippen LogP contribution >= 0.6 is 0 Å². The molecule has 2 N–H and O–H groups in total. The topological polar surface area (TPSA) is 54.9 Å². The number of nitrogens with zero attached hydrogens (tertiary/aromatic N) is 1. The van der Waals surface area contributed by atoms with Crippen LogP contribution in [0.3, 0.4) is 0 Å². The van der Waals surface area contributed by atoms with Crippen molar-refractivity contribution in [1.29, 1.82) is 0 Å². The lowest BCUT2D eigenvalue weighted by Crippen LogP contribution is -2.42. The fourth-order valence-corrected chi connectivity index (χ4v) is 3.60. The molecule has 0 radical (unpaired) electrons. The quantitative estimate of drug-likeness (QED) is 0.395. The van der Waals surface area contributed by atoms with Crippen molar-refractivity contribution in [3.8, 4) is 0 Å². The normalized spacial score (nSPS) is 19.7. The fraction of sp³-hybridized carbons (Fsp3) is 0.667. The van der Waals surface area contributed by atoms with E-state index < -0.39 is 0 Å². The number of hydrogen-bond donors (Lipinski definition) is 2. The number of rotatable bonds is 9. The molecule has 6 heteroatoms. The molecule has 3 rings (SSSR count). The molecule has 1 saturated carbocycles. The standard InChI is InChI=1S/C21H32FN3O2/c1-23-20(24-11-4-12-27-15-17-7-13-26-14-8-17)25-16-21(9-10-21)18-5-2-3-6-19(18)22/h2-3,5-6,17H,4,7-16H2,1H3,(H2,23,24,25). The van der Waals surface area contributed by atoms with Crippen molar-refractivity contribution in [2.45, 2.75) is 37.5 Å². The summed E-state index contributed by atoms with van der Waals surface area (Å²) in [6.07, 6.45) is 5.18. The van der Waals surface area contributed by atoms with Gasteiger partial charge in [-0.2, -0.15) is 0 Å². The van der Waals surface area contributed by atoms with Crippen LogP contribution in [0.1, 0.15) is 37.7 Å². The molecular formula is C21H32FN3O2. The van der Waals surface area contributed by atoms with E-state index in [0.717, 1.165) is 76.6 Å². The van der Waals surface area contributed by atoms with Crippen LogP contribution in [0.4, 0.5) is 4.39 Å². The zero-order valence-corrected chi connectivity index (χ0v) is 16.3. The predicted molar refractivity (Wildman–Crippen MR) is 106 cm³/mol. The summed E-state index contributed by atoms with van der Waals surface area (Å²) in [6.45, 7) is 4.83. The Morgan fingerprint density at radius 1 is 1.26 bits per heavy atom. The largest absolute Gasteiger partial charge is 0.381 e. The van der Waals surface area contributed by atoms with Gasteiger partial charge in [0.1, 0.15) is 5.82 Å². The minimum atomic E-state index is -0.110. The molecule has 1 aliphatic heterocycles. The smallest absolute Gasteiger partial charge is 0.191 e. The Labute approximate surface area is 161 Å². The van der Waals surface area contributed by atoms with Gasteiger partial charge in [-0.05, 0) is 49.7 Å². The second-order valence-electron chi connectivity index (χ2n) is 7.60. The number of benzene rings is 1. The summed E-state index contributed by atoms with van der Waals surface area (Å²) in [7, 11) is 1.76. The molecule has 0 atom stereocenters. The van der Waals surface area contributed by atoms with Crippen LogP contribution in [0.15, 0.2) is 29.3 Å². The minimum Gasteiger partial charge on any atom is -0.381 e. The van der Waals surface area contributed by atoms with Gasteiger partial charge in [0.15, 0.2) is 5.96 Å². The second kappa shape index (κ2) is 10.0.